The van der Waals surface area contributed by atoms with Gasteiger partial charge in [-0.25, -0.2) is 37.5 Å². The maximum absolute atomic E-state index is 13.6. The van der Waals surface area contributed by atoms with Gasteiger partial charge >= 0.3 is 0 Å². The van der Waals surface area contributed by atoms with Gasteiger partial charge in [0.05, 0.1) is 22.9 Å². The van der Waals surface area contributed by atoms with Gasteiger partial charge in [0.1, 0.15) is 33.7 Å². The highest BCUT2D eigenvalue weighted by Crippen LogP contribution is 2.35. The average molecular weight is 1050 g/mol. The number of fused-ring (bicyclic) bond motifs is 6. The lowest BCUT2D eigenvalue weighted by atomic mass is 10.1. The first-order valence-electron chi connectivity index (χ1n) is 25.4. The minimum atomic E-state index is -0.830. The van der Waals surface area contributed by atoms with Gasteiger partial charge < -0.3 is 29.6 Å². The minimum absolute atomic E-state index is 0.0207. The summed E-state index contributed by atoms with van der Waals surface area (Å²) in [6.45, 7) is 12.7. The summed E-state index contributed by atoms with van der Waals surface area (Å²) in [6.07, 6.45) is 1.29. The molecule has 0 bridgehead atoms. The van der Waals surface area contributed by atoms with Crippen molar-refractivity contribution in [3.63, 3.8) is 0 Å². The molecule has 8 aromatic rings. The van der Waals surface area contributed by atoms with Crippen molar-refractivity contribution in [2.75, 3.05) is 123 Å². The van der Waals surface area contributed by atoms with Crippen LogP contribution in [0.5, 0.6) is 0 Å². The number of rotatable bonds is 14. The van der Waals surface area contributed by atoms with Gasteiger partial charge in [0.25, 0.3) is 11.4 Å². The molecule has 3 aliphatic heterocycles. The molecule has 4 aromatic carbocycles. The molecule has 3 fully saturated rings. The summed E-state index contributed by atoms with van der Waals surface area (Å²) in [4.78, 5) is 64.1. The third-order valence-electron chi connectivity index (χ3n) is 14.5. The van der Waals surface area contributed by atoms with Crippen molar-refractivity contribution >= 4 is 66.9 Å². The van der Waals surface area contributed by atoms with Crippen molar-refractivity contribution < 1.29 is 27.4 Å². The van der Waals surface area contributed by atoms with Crippen LogP contribution in [0.2, 0.25) is 0 Å². The lowest BCUT2D eigenvalue weighted by Gasteiger charge is -2.36. The Morgan fingerprint density at radius 3 is 1.41 bits per heavy atom. The predicted octanol–water partition coefficient (Wildman–Crippen LogP) is 7.13. The molecule has 0 atom stereocenters. The van der Waals surface area contributed by atoms with E-state index in [1.807, 2.05) is 19.0 Å². The highest BCUT2D eigenvalue weighted by molar-refractivity contribution is 6.10. The lowest BCUT2D eigenvalue weighted by Crippen LogP contribution is -2.47. The first-order valence-corrected chi connectivity index (χ1v) is 25.4. The summed E-state index contributed by atoms with van der Waals surface area (Å²) in [5.74, 6) is -0.329. The molecule has 0 amide bonds. The van der Waals surface area contributed by atoms with Crippen LogP contribution in [0.15, 0.2) is 72.8 Å². The smallest absolute Gasteiger partial charge is 0.270 e. The molecule has 0 unspecified atom stereocenters. The van der Waals surface area contributed by atoms with Crippen molar-refractivity contribution in [3.8, 4) is 0 Å². The van der Waals surface area contributed by atoms with E-state index in [-0.39, 0.29) is 16.3 Å². The number of aromatic amines is 2. The predicted molar refractivity (Wildman–Crippen MR) is 284 cm³/mol. The number of piperazine rings is 3. The van der Waals surface area contributed by atoms with Gasteiger partial charge in [0.15, 0.2) is 34.9 Å². The number of benzene rings is 4. The molecule has 19 nitrogen and oxygen atoms in total. The fraction of sp³-hybridized carbons (Fsp3) is 0.396. The quantitative estimate of drug-likeness (QED) is 0.0635. The van der Waals surface area contributed by atoms with Gasteiger partial charge in [-0.1, -0.05) is 12.1 Å². The summed E-state index contributed by atoms with van der Waals surface area (Å²) in [5, 5.41) is 24.2. The number of hydrogen-bond acceptors (Lipinski definition) is 15. The largest absolute Gasteiger partial charge is 0.352 e. The standard InChI is InChI=1S/C28H32F2N8O2.C25H27F2N7O2/c1-34-8-10-36(11-9-34)18-25-32-26-21-17-20(38(39)40)3-5-24(21)31-27(26)28(33-25)37-14-12-35(13-15-37)7-6-19-2-4-22(29)23(30)16-19;1-31(2)15-22-29-23-18-14-17(34(35)36)4-6-21(18)28-24(23)25(30-22)33-11-9-32(10-12-33)8-7-16-3-5-19(26)20(27)13-16/h2-5,16-17,31H,6-15,18H2,1H3;3-6,13-14,28H,7-12,15H2,1-2H3. The average Bonchev–Trinajstić information content (AvgIpc) is 3.98. The van der Waals surface area contributed by atoms with Crippen molar-refractivity contribution in [2.45, 2.75) is 25.9 Å². The van der Waals surface area contributed by atoms with Gasteiger partial charge in [-0.3, -0.25) is 34.9 Å². The van der Waals surface area contributed by atoms with Crippen LogP contribution in [0.25, 0.3) is 43.9 Å². The summed E-state index contributed by atoms with van der Waals surface area (Å²) < 4.78 is 53.6. The SMILES string of the molecule is CN(C)Cc1nc(N2CCN(CCc3ccc(F)c(F)c3)CC2)c2[nH]c3ccc([N+](=O)[O-])cc3c2n1.CN1CCN(Cc2nc(N3CCN(CCc4ccc(F)c(F)c4)CC3)c3[nH]c4ccc([N+](=O)[O-])cc4c3n2)CC1. The van der Waals surface area contributed by atoms with Gasteiger partial charge in [0, 0.05) is 138 Å². The summed E-state index contributed by atoms with van der Waals surface area (Å²) in [5.41, 5.74) is 6.10. The zero-order chi connectivity index (χ0) is 53.2. The summed E-state index contributed by atoms with van der Waals surface area (Å²) in [7, 11) is 6.01. The molecule has 4 aromatic heterocycles. The zero-order valence-corrected chi connectivity index (χ0v) is 42.6. The number of nitrogens with one attached hydrogen (secondary N) is 2. The maximum Gasteiger partial charge on any atom is 0.270 e. The van der Waals surface area contributed by atoms with Gasteiger partial charge in [-0.15, -0.1) is 0 Å². The van der Waals surface area contributed by atoms with E-state index in [1.165, 1.54) is 36.4 Å². The van der Waals surface area contributed by atoms with Gasteiger partial charge in [-0.05, 0) is 81.5 Å². The Morgan fingerprint density at radius 2 is 0.974 bits per heavy atom. The van der Waals surface area contributed by atoms with Gasteiger partial charge in [0.2, 0.25) is 0 Å². The Bertz CT molecular complexity index is 3420. The number of aromatic nitrogens is 6. The number of hydrogen-bond donors (Lipinski definition) is 2. The number of halogens is 4. The fourth-order valence-electron chi connectivity index (χ4n) is 10.2. The molecule has 76 heavy (non-hydrogen) atoms. The Labute approximate surface area is 435 Å². The maximum atomic E-state index is 13.6. The molecule has 3 aliphatic rings. The number of anilines is 2. The van der Waals surface area contributed by atoms with Crippen molar-refractivity contribution in [3.05, 3.63) is 139 Å². The highest BCUT2D eigenvalue weighted by atomic mass is 19.2. The second-order valence-electron chi connectivity index (χ2n) is 20.1. The normalized spacial score (nSPS) is 16.4. The molecule has 0 spiro atoms. The van der Waals surface area contributed by atoms with Crippen LogP contribution < -0.4 is 9.80 Å². The second kappa shape index (κ2) is 22.4. The third-order valence-corrected chi connectivity index (χ3v) is 14.5. The zero-order valence-electron chi connectivity index (χ0n) is 42.6. The molecule has 0 aliphatic carbocycles. The van der Waals surface area contributed by atoms with Crippen molar-refractivity contribution in [2.24, 2.45) is 0 Å². The van der Waals surface area contributed by atoms with Crippen LogP contribution in [-0.2, 0) is 25.9 Å². The molecular weight excluding hydrogens is 987 g/mol. The molecule has 7 heterocycles. The molecule has 3 saturated heterocycles. The third kappa shape index (κ3) is 11.7. The van der Waals surface area contributed by atoms with Crippen LogP contribution >= 0.6 is 0 Å². The molecular formula is C53H59F4N15O4. The number of likely N-dealkylation sites (N-methyl/N-ethyl adjacent to an activating group) is 1. The van der Waals surface area contributed by atoms with E-state index in [0.717, 1.165) is 142 Å². The van der Waals surface area contributed by atoms with E-state index >= 15 is 0 Å². The lowest BCUT2D eigenvalue weighted by molar-refractivity contribution is -0.384. The number of H-pyrrole nitrogens is 2. The highest BCUT2D eigenvalue weighted by Gasteiger charge is 2.27. The molecule has 0 radical (unpaired) electrons. The molecule has 11 rings (SSSR count). The number of nitro benzene ring substituents is 2. The Balaban J connectivity index is 0.000000174. The second-order valence-corrected chi connectivity index (χ2v) is 20.1. The van der Waals surface area contributed by atoms with E-state index in [4.69, 9.17) is 19.9 Å². The van der Waals surface area contributed by atoms with Crippen molar-refractivity contribution in [1.82, 2.24) is 54.4 Å². The summed E-state index contributed by atoms with van der Waals surface area (Å²) >= 11 is 0. The van der Waals surface area contributed by atoms with Crippen LogP contribution in [0.4, 0.5) is 40.6 Å². The minimum Gasteiger partial charge on any atom is -0.352 e. The molecule has 2 N–H and O–H groups in total. The van der Waals surface area contributed by atoms with E-state index in [1.54, 1.807) is 36.4 Å². The first-order chi connectivity index (χ1) is 36.6. The molecule has 398 valence electrons. The first kappa shape index (κ1) is 52.0. The van der Waals surface area contributed by atoms with Crippen LogP contribution in [0.1, 0.15) is 22.8 Å². The number of non-ortho nitro benzene ring substituents is 2. The Morgan fingerprint density at radius 1 is 0.539 bits per heavy atom. The summed E-state index contributed by atoms with van der Waals surface area (Å²) in [6, 6.07) is 17.7. The van der Waals surface area contributed by atoms with Gasteiger partial charge in [-0.2, -0.15) is 0 Å². The van der Waals surface area contributed by atoms with Crippen LogP contribution in [-0.4, -0.2) is 177 Å². The number of nitrogens with zero attached hydrogens (tertiary/aromatic N) is 13. The van der Waals surface area contributed by atoms with E-state index in [0.29, 0.717) is 54.0 Å². The van der Waals surface area contributed by atoms with E-state index < -0.39 is 28.2 Å². The van der Waals surface area contributed by atoms with Crippen molar-refractivity contribution in [1.29, 1.82) is 0 Å². The molecule has 0 saturated carbocycles. The Kier molecular flexibility index (Phi) is 15.3. The monoisotopic (exact) mass is 1050 g/mol. The Hall–Kier alpha value is -7.44. The molecule has 23 heteroatoms. The number of nitro groups is 2. The van der Waals surface area contributed by atoms with Crippen LogP contribution in [0.3, 0.4) is 0 Å². The van der Waals surface area contributed by atoms with Crippen LogP contribution in [0, 0.1) is 43.5 Å². The fourth-order valence-corrected chi connectivity index (χ4v) is 10.2. The van der Waals surface area contributed by atoms with E-state index in [9.17, 15) is 37.8 Å². The van der Waals surface area contributed by atoms with E-state index in [2.05, 4.69) is 46.4 Å². The topological polar surface area (TPSA) is 192 Å².